The van der Waals surface area contributed by atoms with Crippen molar-refractivity contribution in [1.29, 1.82) is 0 Å². The van der Waals surface area contributed by atoms with E-state index in [0.717, 1.165) is 72.0 Å². The molecule has 0 bridgehead atoms. The van der Waals surface area contributed by atoms with Crippen LogP contribution in [0.15, 0.2) is 138 Å². The second kappa shape index (κ2) is 11.3. The molecule has 0 fully saturated rings. The summed E-state index contributed by atoms with van der Waals surface area (Å²) in [7, 11) is 2.01. The predicted molar refractivity (Wildman–Crippen MR) is 183 cm³/mol. The van der Waals surface area contributed by atoms with Crippen LogP contribution in [0, 0.1) is 12.1 Å². The Morgan fingerprint density at radius 1 is 0.652 bits per heavy atom. The molecule has 0 radical (unpaired) electrons. The van der Waals surface area contributed by atoms with Crippen LogP contribution >= 0.6 is 0 Å². The Morgan fingerprint density at radius 3 is 2.28 bits per heavy atom. The maximum Gasteiger partial charge on any atom is 2.00 e. The summed E-state index contributed by atoms with van der Waals surface area (Å²) in [5.74, 6) is 1.73. The Balaban J connectivity index is 0.00000312. The van der Waals surface area contributed by atoms with Gasteiger partial charge in [-0.25, -0.2) is 4.98 Å². The van der Waals surface area contributed by atoms with Gasteiger partial charge in [-0.2, -0.15) is 29.1 Å². The third kappa shape index (κ3) is 4.44. The zero-order chi connectivity index (χ0) is 29.9. The van der Waals surface area contributed by atoms with Crippen molar-refractivity contribution in [3.63, 3.8) is 0 Å². The number of nitrogens with zero attached hydrogens (tertiary/aromatic N) is 4. The molecule has 0 aliphatic rings. The molecular weight excluding hydrogens is 746 g/mol. The summed E-state index contributed by atoms with van der Waals surface area (Å²) in [6.45, 7) is -0.214. The van der Waals surface area contributed by atoms with Gasteiger partial charge in [0.25, 0.3) is 0 Å². The number of furan rings is 1. The smallest absolute Gasteiger partial charge is 0.457 e. The SMILES string of the molecule is Cn1ccnc1-c1[c-]c(B(c2[c-]c3c(cc2)c2ccccc2n3-c2ccccn2)c2cccc3c2oc2ccccc23)ccc1.[Pt+2]. The topological polar surface area (TPSA) is 48.8 Å². The average Bonchev–Trinajstić information content (AvgIpc) is 3.79. The Morgan fingerprint density at radius 2 is 1.43 bits per heavy atom. The van der Waals surface area contributed by atoms with Crippen molar-refractivity contribution >= 4 is 66.8 Å². The molecule has 0 saturated carbocycles. The number of rotatable bonds is 5. The van der Waals surface area contributed by atoms with Gasteiger partial charge >= 0.3 is 21.1 Å². The quantitative estimate of drug-likeness (QED) is 0.147. The van der Waals surface area contributed by atoms with Crippen molar-refractivity contribution in [2.24, 2.45) is 7.05 Å². The first kappa shape index (κ1) is 28.3. The second-order valence-electron chi connectivity index (χ2n) is 11.4. The molecule has 9 aromatic rings. The van der Waals surface area contributed by atoms with Crippen LogP contribution in [-0.2, 0) is 28.1 Å². The van der Waals surface area contributed by atoms with Gasteiger partial charge in [0.05, 0.1) is 5.82 Å². The minimum absolute atomic E-state index is 0. The van der Waals surface area contributed by atoms with Crippen LogP contribution in [0.3, 0.4) is 0 Å². The number of hydrogen-bond donors (Lipinski definition) is 0. The van der Waals surface area contributed by atoms with Gasteiger partial charge in [-0.05, 0) is 35.1 Å². The van der Waals surface area contributed by atoms with Gasteiger partial charge in [-0.1, -0.05) is 66.2 Å². The number of hydrogen-bond acceptors (Lipinski definition) is 3. The maximum absolute atomic E-state index is 6.60. The van der Waals surface area contributed by atoms with Crippen molar-refractivity contribution in [3.8, 4) is 17.2 Å². The van der Waals surface area contributed by atoms with Crippen LogP contribution in [0.25, 0.3) is 61.0 Å². The fourth-order valence-corrected chi connectivity index (χ4v) is 6.71. The number of aromatic nitrogens is 4. The van der Waals surface area contributed by atoms with E-state index in [4.69, 9.17) is 9.40 Å². The van der Waals surface area contributed by atoms with E-state index in [0.29, 0.717) is 0 Å². The molecule has 0 aliphatic carbocycles. The predicted octanol–water partition coefficient (Wildman–Crippen LogP) is 6.59. The first-order chi connectivity index (χ1) is 22.2. The third-order valence-corrected chi connectivity index (χ3v) is 8.73. The summed E-state index contributed by atoms with van der Waals surface area (Å²) in [5.41, 5.74) is 7.85. The van der Waals surface area contributed by atoms with Crippen LogP contribution in [0.2, 0.25) is 0 Å². The van der Waals surface area contributed by atoms with Crippen molar-refractivity contribution in [2.75, 3.05) is 0 Å². The molecule has 5 aromatic carbocycles. The molecule has 220 valence electrons. The van der Waals surface area contributed by atoms with Crippen LogP contribution in [-0.4, -0.2) is 25.8 Å². The molecule has 7 heteroatoms. The molecular formula is C39H25BN4OPt. The molecule has 46 heavy (non-hydrogen) atoms. The van der Waals surface area contributed by atoms with E-state index in [9.17, 15) is 0 Å². The summed E-state index contributed by atoms with van der Waals surface area (Å²) in [6, 6.07) is 47.5. The molecule has 0 saturated heterocycles. The largest absolute Gasteiger partial charge is 2.00 e. The summed E-state index contributed by atoms with van der Waals surface area (Å²) >= 11 is 0. The van der Waals surface area contributed by atoms with E-state index in [1.165, 1.54) is 5.39 Å². The fourth-order valence-electron chi connectivity index (χ4n) is 6.71. The van der Waals surface area contributed by atoms with Gasteiger partial charge in [0.15, 0.2) is 0 Å². The van der Waals surface area contributed by atoms with Crippen LogP contribution in [0.1, 0.15) is 0 Å². The summed E-state index contributed by atoms with van der Waals surface area (Å²) < 4.78 is 10.8. The molecule has 4 aromatic heterocycles. The average molecular weight is 772 g/mol. The van der Waals surface area contributed by atoms with E-state index < -0.39 is 0 Å². The summed E-state index contributed by atoms with van der Waals surface area (Å²) in [6.07, 6.45) is 5.62. The van der Waals surface area contributed by atoms with Crippen LogP contribution < -0.4 is 16.4 Å². The molecule has 5 nitrogen and oxygen atoms in total. The normalized spacial score (nSPS) is 11.4. The zero-order valence-corrected chi connectivity index (χ0v) is 27.1. The Hall–Kier alpha value is -5.19. The zero-order valence-electron chi connectivity index (χ0n) is 24.8. The molecule has 0 atom stereocenters. The first-order valence-electron chi connectivity index (χ1n) is 15.0. The number of para-hydroxylation sites is 3. The number of pyridine rings is 1. The number of fused-ring (bicyclic) bond motifs is 6. The third-order valence-electron chi connectivity index (χ3n) is 8.73. The second-order valence-corrected chi connectivity index (χ2v) is 11.4. The Bertz CT molecular complexity index is 2530. The van der Waals surface area contributed by atoms with E-state index >= 15 is 0 Å². The van der Waals surface area contributed by atoms with E-state index in [1.807, 2.05) is 60.5 Å². The molecule has 0 spiro atoms. The molecule has 4 heterocycles. The van der Waals surface area contributed by atoms with E-state index in [-0.39, 0.29) is 27.8 Å². The van der Waals surface area contributed by atoms with Crippen molar-refractivity contribution in [1.82, 2.24) is 19.1 Å². The monoisotopic (exact) mass is 771 g/mol. The number of imidazole rings is 1. The van der Waals surface area contributed by atoms with E-state index in [2.05, 4.69) is 107 Å². The molecule has 0 amide bonds. The fraction of sp³-hybridized carbons (Fsp3) is 0.0256. The molecule has 0 aliphatic heterocycles. The minimum atomic E-state index is -0.214. The van der Waals surface area contributed by atoms with Crippen LogP contribution in [0.5, 0.6) is 0 Å². The Kier molecular flexibility index (Phi) is 6.96. The van der Waals surface area contributed by atoms with Gasteiger partial charge in [0, 0.05) is 41.9 Å². The van der Waals surface area contributed by atoms with Gasteiger partial charge in [0.1, 0.15) is 17.0 Å². The van der Waals surface area contributed by atoms with Crippen molar-refractivity contribution in [2.45, 2.75) is 0 Å². The standard InChI is InChI=1S/C39H25BN4O.Pt/c1-43-23-22-42-39(43)26-10-8-11-27(24-26)40(33-15-9-14-32-31-13-3-5-17-36(31)45-38(32)33)28-19-20-30-29-12-2-4-16-34(29)44(35(30)25-28)37-18-6-7-21-41-37;/h2-23H,1H3;/q-2;+2. The maximum atomic E-state index is 6.60. The minimum Gasteiger partial charge on any atom is -0.457 e. The molecule has 0 N–H and O–H groups in total. The van der Waals surface area contributed by atoms with Gasteiger partial charge in [0.2, 0.25) is 6.71 Å². The van der Waals surface area contributed by atoms with Gasteiger partial charge in [-0.15, -0.1) is 35.2 Å². The summed E-state index contributed by atoms with van der Waals surface area (Å²) in [5, 5.41) is 4.50. The van der Waals surface area contributed by atoms with E-state index in [1.54, 1.807) is 0 Å². The summed E-state index contributed by atoms with van der Waals surface area (Å²) in [4.78, 5) is 9.35. The van der Waals surface area contributed by atoms with Crippen molar-refractivity contribution in [3.05, 3.63) is 146 Å². The number of aryl methyl sites for hydroxylation is 1. The number of benzene rings is 5. The first-order valence-corrected chi connectivity index (χ1v) is 15.0. The molecule has 9 rings (SSSR count). The van der Waals surface area contributed by atoms with Crippen molar-refractivity contribution < 1.29 is 25.5 Å². The Labute approximate surface area is 280 Å². The van der Waals surface area contributed by atoms with Gasteiger partial charge in [-0.3, -0.25) is 4.98 Å². The molecule has 0 unspecified atom stereocenters. The van der Waals surface area contributed by atoms with Crippen LogP contribution in [0.4, 0.5) is 0 Å². The van der Waals surface area contributed by atoms with Gasteiger partial charge < -0.3 is 13.6 Å².